The average molecular weight is 540 g/mol. The molecule has 0 radical (unpaired) electrons. The first-order valence-electron chi connectivity index (χ1n) is 14.1. The molecular formula is C29H47ClFN3O3. The van der Waals surface area contributed by atoms with Gasteiger partial charge in [0.25, 0.3) is 0 Å². The largest absolute Gasteiger partial charge is 0.385 e. The molecule has 1 aromatic rings. The minimum atomic E-state index is -0.867. The number of benzene rings is 1. The number of rotatable bonds is 13. The number of likely N-dealkylation sites (N-methyl/N-ethyl adjacent to an activating group) is 1. The summed E-state index contributed by atoms with van der Waals surface area (Å²) in [6.07, 6.45) is 11.5. The summed E-state index contributed by atoms with van der Waals surface area (Å²) >= 11 is 6.21. The third-order valence-electron chi connectivity index (χ3n) is 8.41. The highest BCUT2D eigenvalue weighted by molar-refractivity contribution is 6.30. The standard InChI is InChI=1S/C29H47ClFN3O3/c1-32-20-24(19-22-11-5-4-6-12-22)33-28(35)34-17-10-13-23(21-34)29(37-3,16-7-8-18-36-2)25-14-9-15-26(30)27(25)31/h9,14-15,22-24,32H,4-8,10-13,16-21H2,1-3H3,(H,33,35)/t23-,24?,29+/m1/s1. The van der Waals surface area contributed by atoms with Crippen LogP contribution in [0.25, 0.3) is 0 Å². The van der Waals surface area contributed by atoms with Crippen molar-refractivity contribution in [2.75, 3.05) is 47.5 Å². The summed E-state index contributed by atoms with van der Waals surface area (Å²) in [5.74, 6) is 0.204. The van der Waals surface area contributed by atoms with Crippen molar-refractivity contribution in [1.82, 2.24) is 15.5 Å². The quantitative estimate of drug-likeness (QED) is 0.296. The van der Waals surface area contributed by atoms with Crippen LogP contribution >= 0.6 is 11.6 Å². The Balaban J connectivity index is 1.76. The van der Waals surface area contributed by atoms with Crippen molar-refractivity contribution >= 4 is 17.6 Å². The predicted octanol–water partition coefficient (Wildman–Crippen LogP) is 6.12. The molecule has 1 saturated heterocycles. The van der Waals surface area contributed by atoms with Gasteiger partial charge in [0.1, 0.15) is 11.4 Å². The average Bonchev–Trinajstić information content (AvgIpc) is 2.92. The van der Waals surface area contributed by atoms with Gasteiger partial charge in [0, 0.05) is 58.0 Å². The van der Waals surface area contributed by atoms with E-state index in [2.05, 4.69) is 10.6 Å². The zero-order valence-corrected chi connectivity index (χ0v) is 23.8. The van der Waals surface area contributed by atoms with Crippen LogP contribution in [0.4, 0.5) is 9.18 Å². The molecule has 1 saturated carbocycles. The second kappa shape index (κ2) is 15.2. The molecule has 2 amide bonds. The van der Waals surface area contributed by atoms with E-state index in [4.69, 9.17) is 21.1 Å². The SMILES string of the molecule is CNCC(CC1CCCCC1)NC(=O)N1CCC[C@@H]([C@](CCCCOC)(OC)c2cccc(Cl)c2F)C1. The first-order chi connectivity index (χ1) is 17.9. The van der Waals surface area contributed by atoms with E-state index in [1.807, 2.05) is 11.9 Å². The molecule has 2 fully saturated rings. The van der Waals surface area contributed by atoms with E-state index in [1.54, 1.807) is 32.4 Å². The fourth-order valence-electron chi connectivity index (χ4n) is 6.48. The molecule has 37 heavy (non-hydrogen) atoms. The summed E-state index contributed by atoms with van der Waals surface area (Å²) in [7, 11) is 5.28. The number of carbonyl (C=O) groups is 1. The Bertz CT molecular complexity index is 839. The van der Waals surface area contributed by atoms with Gasteiger partial charge in [-0.2, -0.15) is 0 Å². The Morgan fingerprint density at radius 2 is 1.97 bits per heavy atom. The second-order valence-corrected chi connectivity index (χ2v) is 11.3. The zero-order chi connectivity index (χ0) is 26.7. The number of nitrogens with one attached hydrogen (secondary N) is 2. The van der Waals surface area contributed by atoms with Crippen LogP contribution in [0, 0.1) is 17.7 Å². The first kappa shape index (κ1) is 30.1. The Morgan fingerprint density at radius 3 is 2.68 bits per heavy atom. The van der Waals surface area contributed by atoms with Crippen LogP contribution in [-0.2, 0) is 15.1 Å². The maximum Gasteiger partial charge on any atom is 0.317 e. The van der Waals surface area contributed by atoms with Gasteiger partial charge in [-0.15, -0.1) is 0 Å². The molecule has 0 spiro atoms. The molecule has 1 heterocycles. The molecule has 1 unspecified atom stereocenters. The van der Waals surface area contributed by atoms with Gasteiger partial charge < -0.3 is 25.0 Å². The van der Waals surface area contributed by atoms with E-state index in [0.717, 1.165) is 38.6 Å². The number of urea groups is 1. The fourth-order valence-corrected chi connectivity index (χ4v) is 6.65. The first-order valence-corrected chi connectivity index (χ1v) is 14.5. The number of unbranched alkanes of at least 4 members (excludes halogenated alkanes) is 1. The van der Waals surface area contributed by atoms with Crippen LogP contribution in [0.1, 0.15) is 76.2 Å². The minimum Gasteiger partial charge on any atom is -0.385 e. The number of halogens is 2. The number of hydrogen-bond acceptors (Lipinski definition) is 4. The molecule has 6 nitrogen and oxygen atoms in total. The van der Waals surface area contributed by atoms with Crippen molar-refractivity contribution in [3.63, 3.8) is 0 Å². The molecule has 2 aliphatic rings. The van der Waals surface area contributed by atoms with Gasteiger partial charge >= 0.3 is 6.03 Å². The predicted molar refractivity (Wildman–Crippen MR) is 148 cm³/mol. The summed E-state index contributed by atoms with van der Waals surface area (Å²) in [6, 6.07) is 5.21. The van der Waals surface area contributed by atoms with Gasteiger partial charge in [0.2, 0.25) is 0 Å². The number of piperidine rings is 1. The van der Waals surface area contributed by atoms with Crippen LogP contribution in [0.15, 0.2) is 18.2 Å². The molecule has 1 aromatic carbocycles. The number of amides is 2. The lowest BCUT2D eigenvalue weighted by molar-refractivity contribution is -0.0916. The van der Waals surface area contributed by atoms with Crippen LogP contribution in [0.3, 0.4) is 0 Å². The van der Waals surface area contributed by atoms with Crippen molar-refractivity contribution in [1.29, 1.82) is 0 Å². The smallest absolute Gasteiger partial charge is 0.317 e. The Hall–Kier alpha value is -1.41. The Labute approximate surface area is 228 Å². The Kier molecular flexibility index (Phi) is 12.4. The summed E-state index contributed by atoms with van der Waals surface area (Å²) in [4.78, 5) is 15.4. The van der Waals surface area contributed by atoms with Gasteiger partial charge in [-0.05, 0) is 57.6 Å². The topological polar surface area (TPSA) is 62.8 Å². The Morgan fingerprint density at radius 1 is 1.19 bits per heavy atom. The van der Waals surface area contributed by atoms with Crippen molar-refractivity contribution in [2.45, 2.75) is 82.3 Å². The summed E-state index contributed by atoms with van der Waals surface area (Å²) < 4.78 is 26.9. The van der Waals surface area contributed by atoms with E-state index < -0.39 is 11.4 Å². The minimum absolute atomic E-state index is 0.0308. The molecule has 0 bridgehead atoms. The number of methoxy groups -OCH3 is 2. The zero-order valence-electron chi connectivity index (χ0n) is 23.0. The number of likely N-dealkylation sites (tertiary alicyclic amines) is 1. The molecule has 210 valence electrons. The monoisotopic (exact) mass is 539 g/mol. The van der Waals surface area contributed by atoms with E-state index in [9.17, 15) is 4.79 Å². The normalized spacial score (nSPS) is 21.4. The van der Waals surface area contributed by atoms with Crippen molar-refractivity contribution in [2.24, 2.45) is 11.8 Å². The summed E-state index contributed by atoms with van der Waals surface area (Å²) in [6.45, 7) is 2.62. The summed E-state index contributed by atoms with van der Waals surface area (Å²) in [5, 5.41) is 6.67. The highest BCUT2D eigenvalue weighted by Crippen LogP contribution is 2.44. The molecule has 3 rings (SSSR count). The number of nitrogens with zero attached hydrogens (tertiary/aromatic N) is 1. The lowest BCUT2D eigenvalue weighted by atomic mass is 9.73. The maximum absolute atomic E-state index is 15.4. The second-order valence-electron chi connectivity index (χ2n) is 10.9. The molecule has 0 aromatic heterocycles. The van der Waals surface area contributed by atoms with Crippen LogP contribution in [0.5, 0.6) is 0 Å². The van der Waals surface area contributed by atoms with Crippen LogP contribution < -0.4 is 10.6 Å². The van der Waals surface area contributed by atoms with E-state index >= 15 is 4.39 Å². The van der Waals surface area contributed by atoms with Gasteiger partial charge in [-0.3, -0.25) is 0 Å². The number of carbonyl (C=O) groups excluding carboxylic acids is 1. The van der Waals surface area contributed by atoms with E-state index in [0.29, 0.717) is 37.6 Å². The lowest BCUT2D eigenvalue weighted by Crippen LogP contribution is -2.54. The van der Waals surface area contributed by atoms with Crippen molar-refractivity contribution in [3.8, 4) is 0 Å². The lowest BCUT2D eigenvalue weighted by Gasteiger charge is -2.45. The fraction of sp³-hybridized carbons (Fsp3) is 0.759. The number of ether oxygens (including phenoxy) is 2. The molecule has 1 aliphatic heterocycles. The third-order valence-corrected chi connectivity index (χ3v) is 8.70. The van der Waals surface area contributed by atoms with E-state index in [-0.39, 0.29) is 23.0 Å². The molecule has 8 heteroatoms. The highest BCUT2D eigenvalue weighted by atomic mass is 35.5. The summed E-state index contributed by atoms with van der Waals surface area (Å²) in [5.41, 5.74) is -0.383. The van der Waals surface area contributed by atoms with Gasteiger partial charge in [-0.25, -0.2) is 9.18 Å². The third kappa shape index (κ3) is 8.04. The molecule has 1 aliphatic carbocycles. The van der Waals surface area contributed by atoms with Gasteiger partial charge in [0.05, 0.1) is 5.02 Å². The number of hydrogen-bond donors (Lipinski definition) is 2. The van der Waals surface area contributed by atoms with Crippen molar-refractivity contribution in [3.05, 3.63) is 34.6 Å². The maximum atomic E-state index is 15.4. The van der Waals surface area contributed by atoms with Crippen LogP contribution in [0.2, 0.25) is 5.02 Å². The van der Waals surface area contributed by atoms with Crippen molar-refractivity contribution < 1.29 is 18.7 Å². The van der Waals surface area contributed by atoms with Gasteiger partial charge in [-0.1, -0.05) is 55.8 Å². The van der Waals surface area contributed by atoms with Gasteiger partial charge in [0.15, 0.2) is 0 Å². The highest BCUT2D eigenvalue weighted by Gasteiger charge is 2.45. The molecular weight excluding hydrogens is 493 g/mol. The van der Waals surface area contributed by atoms with Crippen LogP contribution in [-0.4, -0.2) is 64.5 Å². The van der Waals surface area contributed by atoms with E-state index in [1.165, 1.54) is 32.1 Å². The molecule has 3 atom stereocenters. The molecule has 2 N–H and O–H groups in total.